The van der Waals surface area contributed by atoms with E-state index in [2.05, 4.69) is 5.32 Å². The van der Waals surface area contributed by atoms with Crippen molar-refractivity contribution in [1.29, 1.82) is 0 Å². The summed E-state index contributed by atoms with van der Waals surface area (Å²) < 4.78 is 53.0. The summed E-state index contributed by atoms with van der Waals surface area (Å²) in [6.45, 7) is 0.280. The van der Waals surface area contributed by atoms with Crippen LogP contribution in [-0.2, 0) is 26.4 Å². The van der Waals surface area contributed by atoms with E-state index in [-0.39, 0.29) is 22.0 Å². The molecule has 0 aromatic heterocycles. The van der Waals surface area contributed by atoms with Crippen LogP contribution >= 0.6 is 0 Å². The molecule has 0 bridgehead atoms. The number of rotatable bonds is 6. The predicted molar refractivity (Wildman–Crippen MR) is 109 cm³/mol. The maximum atomic E-state index is 12.2. The van der Waals surface area contributed by atoms with Crippen LogP contribution in [0.5, 0.6) is 5.75 Å². The SMILES string of the molecule is COc1ccc2ccccc2c1CNc1ccc(S(N)(=O)=O)cc1S(C)(=O)=O. The molecule has 0 aliphatic heterocycles. The Balaban J connectivity index is 2.05. The van der Waals surface area contributed by atoms with E-state index in [4.69, 9.17) is 9.88 Å². The van der Waals surface area contributed by atoms with Crippen molar-refractivity contribution >= 4 is 36.3 Å². The van der Waals surface area contributed by atoms with Crippen LogP contribution in [0.25, 0.3) is 10.8 Å². The van der Waals surface area contributed by atoms with Gasteiger partial charge >= 0.3 is 0 Å². The molecule has 0 amide bonds. The number of fused-ring (bicyclic) bond motifs is 1. The van der Waals surface area contributed by atoms with Gasteiger partial charge in [-0.3, -0.25) is 0 Å². The van der Waals surface area contributed by atoms with Crippen molar-refractivity contribution in [3.05, 3.63) is 60.2 Å². The minimum atomic E-state index is -4.02. The summed E-state index contributed by atoms with van der Waals surface area (Å²) in [5.41, 5.74) is 1.14. The summed E-state index contributed by atoms with van der Waals surface area (Å²) in [5.74, 6) is 0.660. The molecule has 7 nitrogen and oxygen atoms in total. The Hall–Kier alpha value is -2.62. The maximum absolute atomic E-state index is 12.2. The molecule has 0 spiro atoms. The molecule has 0 fully saturated rings. The van der Waals surface area contributed by atoms with Crippen molar-refractivity contribution < 1.29 is 21.6 Å². The third-order valence-electron chi connectivity index (χ3n) is 4.35. The van der Waals surface area contributed by atoms with Gasteiger partial charge in [0.1, 0.15) is 5.75 Å². The Kier molecular flexibility index (Phi) is 5.33. The van der Waals surface area contributed by atoms with Crippen molar-refractivity contribution in [2.75, 3.05) is 18.7 Å². The molecule has 3 aromatic carbocycles. The third-order valence-corrected chi connectivity index (χ3v) is 6.40. The average molecular weight is 421 g/mol. The second-order valence-corrected chi connectivity index (χ2v) is 9.84. The Bertz CT molecular complexity index is 1250. The molecular weight excluding hydrogens is 400 g/mol. The Morgan fingerprint density at radius 3 is 2.36 bits per heavy atom. The highest BCUT2D eigenvalue weighted by atomic mass is 32.2. The first-order chi connectivity index (χ1) is 13.1. The highest BCUT2D eigenvalue weighted by Crippen LogP contribution is 2.30. The molecule has 28 heavy (non-hydrogen) atoms. The summed E-state index contributed by atoms with van der Waals surface area (Å²) in [6, 6.07) is 15.3. The number of sulfone groups is 1. The quantitative estimate of drug-likeness (QED) is 0.633. The standard InChI is InChI=1S/C19H20N2O5S2/c1-26-18-10-7-13-5-3-4-6-15(13)16(18)12-21-17-9-8-14(28(20,24)25)11-19(17)27(2,22)23/h3-11,21H,12H2,1-2H3,(H2,20,24,25). The van der Waals surface area contributed by atoms with Crippen molar-refractivity contribution in [3.8, 4) is 5.75 Å². The number of sulfonamides is 1. The highest BCUT2D eigenvalue weighted by Gasteiger charge is 2.19. The smallest absolute Gasteiger partial charge is 0.238 e. The number of anilines is 1. The van der Waals surface area contributed by atoms with Gasteiger partial charge in [0.15, 0.2) is 9.84 Å². The van der Waals surface area contributed by atoms with Crippen LogP contribution < -0.4 is 15.2 Å². The van der Waals surface area contributed by atoms with E-state index in [1.165, 1.54) is 12.1 Å². The summed E-state index contributed by atoms with van der Waals surface area (Å²) in [6.07, 6.45) is 1.01. The first-order valence-corrected chi connectivity index (χ1v) is 11.7. The van der Waals surface area contributed by atoms with Crippen molar-refractivity contribution in [1.82, 2.24) is 0 Å². The molecule has 0 aliphatic carbocycles. The van der Waals surface area contributed by atoms with Crippen LogP contribution in [0.15, 0.2) is 64.4 Å². The predicted octanol–water partition coefficient (Wildman–Crippen LogP) is 2.51. The van der Waals surface area contributed by atoms with Gasteiger partial charge in [0.25, 0.3) is 0 Å². The summed E-state index contributed by atoms with van der Waals surface area (Å²) in [7, 11) is -6.15. The summed E-state index contributed by atoms with van der Waals surface area (Å²) in [5, 5.41) is 10.2. The summed E-state index contributed by atoms with van der Waals surface area (Å²) >= 11 is 0. The molecule has 0 unspecified atom stereocenters. The molecule has 0 atom stereocenters. The monoisotopic (exact) mass is 420 g/mol. The Morgan fingerprint density at radius 1 is 1.00 bits per heavy atom. The van der Waals surface area contributed by atoms with Gasteiger partial charge in [0.05, 0.1) is 22.6 Å². The van der Waals surface area contributed by atoms with Gasteiger partial charge in [0, 0.05) is 18.4 Å². The van der Waals surface area contributed by atoms with Gasteiger partial charge < -0.3 is 10.1 Å². The lowest BCUT2D eigenvalue weighted by molar-refractivity contribution is 0.411. The average Bonchev–Trinajstić information content (AvgIpc) is 2.64. The number of ether oxygens (including phenoxy) is 1. The van der Waals surface area contributed by atoms with E-state index in [9.17, 15) is 16.8 Å². The molecule has 9 heteroatoms. The lowest BCUT2D eigenvalue weighted by atomic mass is 10.0. The zero-order valence-electron chi connectivity index (χ0n) is 15.3. The van der Waals surface area contributed by atoms with Gasteiger partial charge in [-0.25, -0.2) is 22.0 Å². The molecule has 0 saturated heterocycles. The van der Waals surface area contributed by atoms with Crippen LogP contribution in [-0.4, -0.2) is 30.2 Å². The molecule has 3 N–H and O–H groups in total. The van der Waals surface area contributed by atoms with E-state index in [1.54, 1.807) is 7.11 Å². The second-order valence-electron chi connectivity index (χ2n) is 6.30. The fourth-order valence-electron chi connectivity index (χ4n) is 3.01. The van der Waals surface area contributed by atoms with Gasteiger partial charge in [-0.15, -0.1) is 0 Å². The Morgan fingerprint density at radius 2 is 1.71 bits per heavy atom. The number of hydrogen-bond donors (Lipinski definition) is 2. The molecule has 0 heterocycles. The van der Waals surface area contributed by atoms with Gasteiger partial charge in [-0.1, -0.05) is 30.3 Å². The van der Waals surface area contributed by atoms with Crippen LogP contribution in [0.1, 0.15) is 5.56 Å². The van der Waals surface area contributed by atoms with Crippen LogP contribution in [0.4, 0.5) is 5.69 Å². The molecular formula is C19H20N2O5S2. The first-order valence-electron chi connectivity index (χ1n) is 8.26. The number of benzene rings is 3. The number of methoxy groups -OCH3 is 1. The number of nitrogens with one attached hydrogen (secondary N) is 1. The van der Waals surface area contributed by atoms with Crippen molar-refractivity contribution in [2.45, 2.75) is 16.3 Å². The van der Waals surface area contributed by atoms with Crippen LogP contribution in [0, 0.1) is 0 Å². The zero-order chi connectivity index (χ0) is 20.5. The number of hydrogen-bond acceptors (Lipinski definition) is 6. The van der Waals surface area contributed by atoms with E-state index in [1.807, 2.05) is 36.4 Å². The van der Waals surface area contributed by atoms with Gasteiger partial charge in [-0.2, -0.15) is 0 Å². The third kappa shape index (κ3) is 4.11. The normalized spacial score (nSPS) is 12.1. The molecule has 0 aliphatic rings. The minimum absolute atomic E-state index is 0.141. The van der Waals surface area contributed by atoms with E-state index in [0.29, 0.717) is 5.75 Å². The van der Waals surface area contributed by atoms with Crippen LogP contribution in [0.3, 0.4) is 0 Å². The molecule has 0 saturated carbocycles. The van der Waals surface area contributed by atoms with Crippen LogP contribution in [0.2, 0.25) is 0 Å². The molecule has 3 rings (SSSR count). The van der Waals surface area contributed by atoms with E-state index >= 15 is 0 Å². The van der Waals surface area contributed by atoms with Gasteiger partial charge in [-0.05, 0) is 35.0 Å². The fourth-order valence-corrected chi connectivity index (χ4v) is 4.50. The fraction of sp³-hybridized carbons (Fsp3) is 0.158. The first kappa shape index (κ1) is 20.1. The van der Waals surface area contributed by atoms with Crippen molar-refractivity contribution in [3.63, 3.8) is 0 Å². The largest absolute Gasteiger partial charge is 0.496 e. The van der Waals surface area contributed by atoms with E-state index < -0.39 is 19.9 Å². The molecule has 0 radical (unpaired) electrons. The number of primary sulfonamides is 1. The van der Waals surface area contributed by atoms with Crippen molar-refractivity contribution in [2.24, 2.45) is 5.14 Å². The molecule has 3 aromatic rings. The number of nitrogens with two attached hydrogens (primary N) is 1. The zero-order valence-corrected chi connectivity index (χ0v) is 17.0. The Labute approximate surface area is 164 Å². The molecule has 148 valence electrons. The lowest BCUT2D eigenvalue weighted by Crippen LogP contribution is -2.14. The highest BCUT2D eigenvalue weighted by molar-refractivity contribution is 7.91. The maximum Gasteiger partial charge on any atom is 0.238 e. The summed E-state index contributed by atoms with van der Waals surface area (Å²) in [4.78, 5) is -0.403. The van der Waals surface area contributed by atoms with E-state index in [0.717, 1.165) is 28.7 Å². The minimum Gasteiger partial charge on any atom is -0.496 e. The lowest BCUT2D eigenvalue weighted by Gasteiger charge is -2.16. The second kappa shape index (κ2) is 7.42. The van der Waals surface area contributed by atoms with Gasteiger partial charge in [0.2, 0.25) is 10.0 Å². The topological polar surface area (TPSA) is 116 Å².